The molecule has 0 bridgehead atoms. The van der Waals surface area contributed by atoms with Crippen LogP contribution < -0.4 is 18.9 Å². The van der Waals surface area contributed by atoms with E-state index in [2.05, 4.69) is 10.2 Å². The molecule has 0 unspecified atom stereocenters. The van der Waals surface area contributed by atoms with Gasteiger partial charge in [0.15, 0.2) is 11.4 Å². The molecule has 2 aliphatic rings. The van der Waals surface area contributed by atoms with Crippen molar-refractivity contribution in [3.63, 3.8) is 0 Å². The van der Waals surface area contributed by atoms with Crippen molar-refractivity contribution in [1.29, 1.82) is 0 Å². The predicted octanol–water partition coefficient (Wildman–Crippen LogP) is 7.48. The van der Waals surface area contributed by atoms with Gasteiger partial charge in [-0.1, -0.05) is 70.7 Å². The molecule has 0 fully saturated rings. The van der Waals surface area contributed by atoms with Gasteiger partial charge in [0.2, 0.25) is 0 Å². The molecule has 4 heterocycles. The van der Waals surface area contributed by atoms with E-state index in [-0.39, 0.29) is 73.8 Å². The van der Waals surface area contributed by atoms with E-state index in [1.807, 2.05) is 12.2 Å². The van der Waals surface area contributed by atoms with E-state index in [1.165, 1.54) is 28.9 Å². The summed E-state index contributed by atoms with van der Waals surface area (Å²) in [7, 11) is 0. The number of carbonyl (C=O) groups is 2. The molecule has 304 valence electrons. The molecule has 2 N–H and O–H groups in total. The molecule has 0 saturated carbocycles. The summed E-state index contributed by atoms with van der Waals surface area (Å²) in [5.41, 5.74) is 6.51. The predicted molar refractivity (Wildman–Crippen MR) is 220 cm³/mol. The quantitative estimate of drug-likeness (QED) is 0.127. The van der Waals surface area contributed by atoms with Crippen LogP contribution in [0.15, 0.2) is 84.9 Å². The number of ether oxygens (including phenoxy) is 3. The standard InChI is InChI=1S/C22H17Cl2FN2O3.C20H13Cl2FN2O3.Li.H2O/c1-2-30-22(28)20-17-12-29-11-14(9-13-3-6-16(25)7-4-13)21(17)27(26-20)19-8-5-15(23)10-18(19)24;21-13-3-6-17(16(22)8-13)25-19-12(7-11-1-4-14(23)5-2-11)9-28-10-15(19)18(24-25)20(26)27;;/h3-10H,2,11-12H2,1H3;1-8H,9-10H2,(H,26,27);;1H2/q;;+1;/p-1/b14-9+;12-7+;;. The van der Waals surface area contributed by atoms with Gasteiger partial charge in [-0.05, 0) is 90.9 Å². The minimum absolute atomic E-state index is 0. The third-order valence-corrected chi connectivity index (χ3v) is 10.0. The number of nitrogens with zero attached hydrogens (tertiary/aromatic N) is 4. The fourth-order valence-corrected chi connectivity index (χ4v) is 7.40. The summed E-state index contributed by atoms with van der Waals surface area (Å²) < 4.78 is 46.1. The molecule has 18 heteroatoms. The molecular weight excluding hydrogens is 859 g/mol. The molecule has 0 radical (unpaired) electrons. The Labute approximate surface area is 374 Å². The fraction of sp³-hybridized carbons (Fsp3) is 0.143. The zero-order valence-corrected chi connectivity index (χ0v) is 34.8. The van der Waals surface area contributed by atoms with Crippen LogP contribution in [-0.2, 0) is 27.4 Å². The number of carboxylic acid groups (broad SMARTS) is 1. The first-order valence-corrected chi connectivity index (χ1v) is 19.1. The molecule has 2 aromatic heterocycles. The number of hydrogen-bond acceptors (Lipinski definition) is 8. The van der Waals surface area contributed by atoms with Gasteiger partial charge < -0.3 is 24.8 Å². The molecule has 0 amide bonds. The summed E-state index contributed by atoms with van der Waals surface area (Å²) in [5.74, 6) is -2.36. The maximum absolute atomic E-state index is 13.3. The number of hydrogen-bond donors (Lipinski definition) is 1. The second-order valence-electron chi connectivity index (χ2n) is 12.8. The number of esters is 1. The van der Waals surface area contributed by atoms with Gasteiger partial charge in [-0.3, -0.25) is 0 Å². The summed E-state index contributed by atoms with van der Waals surface area (Å²) in [6.07, 6.45) is 3.68. The average Bonchev–Trinajstić information content (AvgIpc) is 3.78. The van der Waals surface area contributed by atoms with E-state index in [0.717, 1.165) is 16.7 Å². The van der Waals surface area contributed by atoms with Gasteiger partial charge in [0, 0.05) is 32.3 Å². The van der Waals surface area contributed by atoms with Crippen LogP contribution in [0.3, 0.4) is 0 Å². The Balaban J connectivity index is 0.000000221. The van der Waals surface area contributed by atoms with Gasteiger partial charge >= 0.3 is 30.8 Å². The van der Waals surface area contributed by atoms with Crippen molar-refractivity contribution in [2.24, 2.45) is 0 Å². The van der Waals surface area contributed by atoms with Crippen LogP contribution in [-0.4, -0.2) is 61.9 Å². The van der Waals surface area contributed by atoms with Crippen molar-refractivity contribution in [2.45, 2.75) is 20.1 Å². The summed E-state index contributed by atoms with van der Waals surface area (Å²) in [4.78, 5) is 24.2. The molecule has 0 saturated heterocycles. The van der Waals surface area contributed by atoms with Crippen LogP contribution in [0.25, 0.3) is 34.7 Å². The molecule has 0 aliphatic carbocycles. The topological polar surface area (TPSA) is 148 Å². The van der Waals surface area contributed by atoms with Crippen LogP contribution >= 0.6 is 46.4 Å². The first-order valence-electron chi connectivity index (χ1n) is 17.5. The zero-order chi connectivity index (χ0) is 41.1. The minimum atomic E-state index is -1.16. The monoisotopic (exact) mass is 888 g/mol. The Kier molecular flexibility index (Phi) is 15.6. The van der Waals surface area contributed by atoms with Crippen molar-refractivity contribution >= 4 is 81.6 Å². The molecule has 0 atom stereocenters. The van der Waals surface area contributed by atoms with Crippen LogP contribution in [0.5, 0.6) is 0 Å². The second kappa shape index (κ2) is 20.2. The number of benzene rings is 4. The van der Waals surface area contributed by atoms with Crippen molar-refractivity contribution in [2.75, 3.05) is 19.8 Å². The Morgan fingerprint density at radius 2 is 1.12 bits per heavy atom. The smallest absolute Gasteiger partial charge is 0.870 e. The van der Waals surface area contributed by atoms with Gasteiger partial charge in [-0.25, -0.2) is 27.7 Å². The molecule has 8 rings (SSSR count). The van der Waals surface area contributed by atoms with E-state index in [9.17, 15) is 23.5 Å². The number of carbonyl (C=O) groups excluding carboxylic acids is 1. The molecule has 4 aromatic carbocycles. The molecule has 60 heavy (non-hydrogen) atoms. The molecule has 0 spiro atoms. The number of carboxylic acids is 1. The second-order valence-corrected chi connectivity index (χ2v) is 14.5. The summed E-state index contributed by atoms with van der Waals surface area (Å²) >= 11 is 24.8. The third kappa shape index (κ3) is 10.0. The van der Waals surface area contributed by atoms with E-state index in [1.54, 1.807) is 72.3 Å². The van der Waals surface area contributed by atoms with Crippen LogP contribution in [0.2, 0.25) is 20.1 Å². The van der Waals surface area contributed by atoms with Crippen molar-refractivity contribution in [3.05, 3.63) is 162 Å². The Morgan fingerprint density at radius 1 is 0.700 bits per heavy atom. The summed E-state index contributed by atoms with van der Waals surface area (Å²) in [6, 6.07) is 22.0. The van der Waals surface area contributed by atoms with Crippen molar-refractivity contribution < 1.29 is 62.0 Å². The minimum Gasteiger partial charge on any atom is -0.870 e. The van der Waals surface area contributed by atoms with Gasteiger partial charge in [0.05, 0.1) is 65.8 Å². The van der Waals surface area contributed by atoms with E-state index >= 15 is 0 Å². The maximum atomic E-state index is 13.3. The summed E-state index contributed by atoms with van der Waals surface area (Å²) in [5, 5.41) is 20.0. The molecule has 6 aromatic rings. The number of fused-ring (bicyclic) bond motifs is 2. The largest absolute Gasteiger partial charge is 1.00 e. The van der Waals surface area contributed by atoms with Crippen molar-refractivity contribution in [1.82, 2.24) is 19.6 Å². The average molecular weight is 890 g/mol. The Bertz CT molecular complexity index is 2620. The normalized spacial score (nSPS) is 14.2. The van der Waals surface area contributed by atoms with Crippen LogP contribution in [0.1, 0.15) is 61.5 Å². The van der Waals surface area contributed by atoms with E-state index in [0.29, 0.717) is 66.2 Å². The van der Waals surface area contributed by atoms with E-state index < -0.39 is 11.9 Å². The Hall–Kier alpha value is -4.78. The van der Waals surface area contributed by atoms with Crippen LogP contribution in [0.4, 0.5) is 8.78 Å². The van der Waals surface area contributed by atoms with Gasteiger partial charge in [-0.2, -0.15) is 10.2 Å². The zero-order valence-electron chi connectivity index (χ0n) is 31.8. The Morgan fingerprint density at radius 3 is 1.52 bits per heavy atom. The SMILES string of the molecule is CCOC(=O)c1nn(-c2ccc(Cl)cc2Cl)c2c1COC/C2=C\c1ccc(F)cc1.O=C(O)c1nn(-c2ccc(Cl)cc2Cl)c2c1COC/C2=C\c1ccc(F)cc1.[Li+].[OH-]. The van der Waals surface area contributed by atoms with Crippen LogP contribution in [0, 0.1) is 11.6 Å². The third-order valence-electron chi connectivity index (χ3n) is 8.95. The number of rotatable bonds is 7. The first kappa shape index (κ1) is 46.3. The molecular formula is C42H31Cl4F2LiN4O7. The van der Waals surface area contributed by atoms with Gasteiger partial charge in [0.1, 0.15) is 11.6 Å². The first-order chi connectivity index (χ1) is 27.9. The van der Waals surface area contributed by atoms with E-state index in [4.69, 9.17) is 60.6 Å². The number of halogens is 6. The van der Waals surface area contributed by atoms with Gasteiger partial charge in [-0.15, -0.1) is 0 Å². The summed E-state index contributed by atoms with van der Waals surface area (Å²) in [6.45, 7) is 2.82. The number of aromatic carboxylic acids is 1. The molecule has 11 nitrogen and oxygen atoms in total. The number of aromatic nitrogens is 4. The fourth-order valence-electron chi connectivity index (χ4n) is 6.43. The molecule has 2 aliphatic heterocycles. The van der Waals surface area contributed by atoms with Crippen molar-refractivity contribution in [3.8, 4) is 11.4 Å². The maximum Gasteiger partial charge on any atom is 1.00 e. The van der Waals surface area contributed by atoms with Gasteiger partial charge in [0.25, 0.3) is 0 Å².